The van der Waals surface area contributed by atoms with Crippen molar-refractivity contribution in [3.05, 3.63) is 89.5 Å². The Morgan fingerprint density at radius 1 is 0.929 bits per heavy atom. The van der Waals surface area contributed by atoms with E-state index >= 15 is 0 Å². The summed E-state index contributed by atoms with van der Waals surface area (Å²) in [5, 5.41) is 26.2. The van der Waals surface area contributed by atoms with Gasteiger partial charge in [0, 0.05) is 24.2 Å². The van der Waals surface area contributed by atoms with Crippen molar-refractivity contribution in [2.75, 3.05) is 11.9 Å². The summed E-state index contributed by atoms with van der Waals surface area (Å²) in [5.41, 5.74) is 1.56. The number of unbranched alkanes of at least 4 members (excludes halogenated alkanes) is 1. The van der Waals surface area contributed by atoms with Crippen LogP contribution in [0.4, 0.5) is 10.5 Å². The van der Waals surface area contributed by atoms with Crippen molar-refractivity contribution < 1.29 is 29.3 Å². The second-order valence-electron chi connectivity index (χ2n) is 11.2. The first-order valence-electron chi connectivity index (χ1n) is 14.1. The number of nitrogens with one attached hydrogen (secondary N) is 2. The van der Waals surface area contributed by atoms with Gasteiger partial charge in [0.25, 0.3) is 5.91 Å². The number of rotatable bonds is 11. The van der Waals surface area contributed by atoms with E-state index in [1.807, 2.05) is 26.0 Å². The molecular formula is C33H41N3O6. The molecule has 3 aromatic rings. The fourth-order valence-electron chi connectivity index (χ4n) is 4.50. The van der Waals surface area contributed by atoms with Gasteiger partial charge < -0.3 is 30.5 Å². The van der Waals surface area contributed by atoms with Crippen LogP contribution in [-0.2, 0) is 20.7 Å². The van der Waals surface area contributed by atoms with Crippen molar-refractivity contribution in [3.8, 4) is 11.5 Å². The molecule has 0 aliphatic carbocycles. The third-order valence-electron chi connectivity index (χ3n) is 6.60. The minimum atomic E-state index is -1.20. The van der Waals surface area contributed by atoms with Gasteiger partial charge in [0.1, 0.15) is 29.2 Å². The standard InChI is InChI=1S/C33H41N3O6/c1-6-7-20-36(29(25-13-9-11-15-28(25)38)30(39)34-26-14-10-8-12-22(26)2)31(40)27(35-32(41)42-33(3,4)5)21-23-16-18-24(37)19-17-23/h8-19,27,29,37-38H,6-7,20-21H2,1-5H3,(H,34,39)(H,35,41). The van der Waals surface area contributed by atoms with E-state index in [9.17, 15) is 24.6 Å². The number of amides is 3. The van der Waals surface area contributed by atoms with Crippen LogP contribution in [0.5, 0.6) is 11.5 Å². The molecule has 0 aliphatic heterocycles. The molecule has 0 saturated carbocycles. The number of carbonyl (C=O) groups excluding carboxylic acids is 3. The number of phenolic OH excluding ortho intramolecular Hbond substituents is 2. The Morgan fingerprint density at radius 2 is 1.57 bits per heavy atom. The molecule has 2 atom stereocenters. The van der Waals surface area contributed by atoms with E-state index in [0.717, 1.165) is 12.0 Å². The molecule has 42 heavy (non-hydrogen) atoms. The molecule has 9 nitrogen and oxygen atoms in total. The lowest BCUT2D eigenvalue weighted by Crippen LogP contribution is -2.53. The highest BCUT2D eigenvalue weighted by molar-refractivity contribution is 5.99. The van der Waals surface area contributed by atoms with E-state index in [1.165, 1.54) is 23.1 Å². The smallest absolute Gasteiger partial charge is 0.408 e. The first-order chi connectivity index (χ1) is 19.9. The Bertz CT molecular complexity index is 1370. The largest absolute Gasteiger partial charge is 0.508 e. The second kappa shape index (κ2) is 14.4. The van der Waals surface area contributed by atoms with Gasteiger partial charge >= 0.3 is 6.09 Å². The maximum absolute atomic E-state index is 14.4. The number of phenols is 2. The van der Waals surface area contributed by atoms with Gasteiger partial charge in [-0.2, -0.15) is 0 Å². The zero-order valence-electron chi connectivity index (χ0n) is 24.9. The molecule has 0 bridgehead atoms. The van der Waals surface area contributed by atoms with Crippen LogP contribution in [0.3, 0.4) is 0 Å². The van der Waals surface area contributed by atoms with Crippen LogP contribution in [-0.4, -0.2) is 51.2 Å². The number of anilines is 1. The summed E-state index contributed by atoms with van der Waals surface area (Å²) in [5.74, 6) is -1.09. The lowest BCUT2D eigenvalue weighted by molar-refractivity contribution is -0.141. The van der Waals surface area contributed by atoms with Crippen LogP contribution in [0, 0.1) is 6.92 Å². The molecule has 3 amide bonds. The van der Waals surface area contributed by atoms with Crippen molar-refractivity contribution in [1.82, 2.24) is 10.2 Å². The van der Waals surface area contributed by atoms with Gasteiger partial charge in [-0.25, -0.2) is 4.79 Å². The molecule has 224 valence electrons. The van der Waals surface area contributed by atoms with Crippen molar-refractivity contribution in [2.45, 2.75) is 71.6 Å². The monoisotopic (exact) mass is 575 g/mol. The first-order valence-corrected chi connectivity index (χ1v) is 14.1. The van der Waals surface area contributed by atoms with Gasteiger partial charge in [0.2, 0.25) is 5.91 Å². The summed E-state index contributed by atoms with van der Waals surface area (Å²) >= 11 is 0. The van der Waals surface area contributed by atoms with E-state index in [1.54, 1.807) is 63.2 Å². The third kappa shape index (κ3) is 8.99. The van der Waals surface area contributed by atoms with Crippen LogP contribution in [0.25, 0.3) is 0 Å². The van der Waals surface area contributed by atoms with E-state index in [0.29, 0.717) is 17.7 Å². The first kappa shape index (κ1) is 32.0. The van der Waals surface area contributed by atoms with Crippen molar-refractivity contribution in [1.29, 1.82) is 0 Å². The Morgan fingerprint density at radius 3 is 2.19 bits per heavy atom. The lowest BCUT2D eigenvalue weighted by Gasteiger charge is -2.35. The number of benzene rings is 3. The molecule has 0 radical (unpaired) electrons. The predicted octanol–water partition coefficient (Wildman–Crippen LogP) is 5.85. The molecule has 0 heterocycles. The van der Waals surface area contributed by atoms with Gasteiger partial charge in [-0.3, -0.25) is 9.59 Å². The van der Waals surface area contributed by atoms with Crippen molar-refractivity contribution in [2.24, 2.45) is 0 Å². The van der Waals surface area contributed by atoms with Crippen LogP contribution in [0.1, 0.15) is 63.3 Å². The average Bonchev–Trinajstić information content (AvgIpc) is 2.92. The molecule has 0 spiro atoms. The predicted molar refractivity (Wildman–Crippen MR) is 162 cm³/mol. The molecule has 0 fully saturated rings. The molecule has 2 unspecified atom stereocenters. The van der Waals surface area contributed by atoms with E-state index in [-0.39, 0.29) is 30.0 Å². The molecule has 3 rings (SSSR count). The summed E-state index contributed by atoms with van der Waals surface area (Å²) in [6.45, 7) is 9.20. The second-order valence-corrected chi connectivity index (χ2v) is 11.2. The summed E-state index contributed by atoms with van der Waals surface area (Å²) in [7, 11) is 0. The Hall–Kier alpha value is -4.53. The lowest BCUT2D eigenvalue weighted by atomic mass is 9.99. The van der Waals surface area contributed by atoms with Crippen LogP contribution in [0.2, 0.25) is 0 Å². The van der Waals surface area contributed by atoms with Crippen molar-refractivity contribution in [3.63, 3.8) is 0 Å². The molecule has 3 aromatic carbocycles. The van der Waals surface area contributed by atoms with Gasteiger partial charge in [-0.05, 0) is 69.5 Å². The normalized spacial score (nSPS) is 12.6. The highest BCUT2D eigenvalue weighted by Crippen LogP contribution is 2.32. The number of aryl methyl sites for hydroxylation is 1. The number of ether oxygens (including phenoxy) is 1. The van der Waals surface area contributed by atoms with Crippen LogP contribution < -0.4 is 10.6 Å². The zero-order chi connectivity index (χ0) is 30.9. The van der Waals surface area contributed by atoms with Gasteiger partial charge in [0.05, 0.1) is 0 Å². The highest BCUT2D eigenvalue weighted by Gasteiger charge is 2.37. The molecule has 0 aromatic heterocycles. The van der Waals surface area contributed by atoms with Crippen LogP contribution >= 0.6 is 0 Å². The fourth-order valence-corrected chi connectivity index (χ4v) is 4.50. The minimum Gasteiger partial charge on any atom is -0.508 e. The number of para-hydroxylation sites is 2. The maximum Gasteiger partial charge on any atom is 0.408 e. The van der Waals surface area contributed by atoms with Crippen molar-refractivity contribution >= 4 is 23.6 Å². The minimum absolute atomic E-state index is 0.0683. The Labute approximate surface area is 247 Å². The third-order valence-corrected chi connectivity index (χ3v) is 6.60. The maximum atomic E-state index is 14.4. The van der Waals surface area contributed by atoms with Gasteiger partial charge in [-0.15, -0.1) is 0 Å². The molecule has 9 heteroatoms. The summed E-state index contributed by atoms with van der Waals surface area (Å²) in [4.78, 5) is 42.7. The Balaban J connectivity index is 2.07. The quantitative estimate of drug-likeness (QED) is 0.227. The SMILES string of the molecule is CCCCN(C(=O)C(Cc1ccc(O)cc1)NC(=O)OC(C)(C)C)C(C(=O)Nc1ccccc1C)c1ccccc1O. The van der Waals surface area contributed by atoms with Crippen LogP contribution in [0.15, 0.2) is 72.8 Å². The summed E-state index contributed by atoms with van der Waals surface area (Å²) in [6, 6.07) is 17.7. The molecule has 0 saturated heterocycles. The molecule has 0 aliphatic rings. The number of hydrogen-bond donors (Lipinski definition) is 4. The van der Waals surface area contributed by atoms with E-state index in [2.05, 4.69) is 10.6 Å². The topological polar surface area (TPSA) is 128 Å². The number of nitrogens with zero attached hydrogens (tertiary/aromatic N) is 1. The molecule has 4 N–H and O–H groups in total. The summed E-state index contributed by atoms with van der Waals surface area (Å²) in [6.07, 6.45) is 0.608. The summed E-state index contributed by atoms with van der Waals surface area (Å²) < 4.78 is 5.46. The fraction of sp³-hybridized carbons (Fsp3) is 0.364. The number of hydrogen-bond acceptors (Lipinski definition) is 6. The van der Waals surface area contributed by atoms with E-state index in [4.69, 9.17) is 4.74 Å². The highest BCUT2D eigenvalue weighted by atomic mass is 16.6. The number of alkyl carbamates (subject to hydrolysis) is 1. The van der Waals surface area contributed by atoms with Gasteiger partial charge in [-0.1, -0.05) is 61.9 Å². The Kier molecular flexibility index (Phi) is 11.0. The number of aromatic hydroxyl groups is 2. The van der Waals surface area contributed by atoms with E-state index < -0.39 is 35.6 Å². The average molecular weight is 576 g/mol. The zero-order valence-corrected chi connectivity index (χ0v) is 24.9. The molecular weight excluding hydrogens is 534 g/mol. The van der Waals surface area contributed by atoms with Gasteiger partial charge in [0.15, 0.2) is 0 Å². The number of carbonyl (C=O) groups is 3.